The van der Waals surface area contributed by atoms with Crippen molar-refractivity contribution >= 4 is 29.2 Å². The van der Waals surface area contributed by atoms with E-state index in [2.05, 4.69) is 15.6 Å². The van der Waals surface area contributed by atoms with Gasteiger partial charge in [-0.05, 0) is 62.9 Å². The van der Waals surface area contributed by atoms with Gasteiger partial charge in [-0.3, -0.25) is 9.59 Å². The second kappa shape index (κ2) is 8.39. The summed E-state index contributed by atoms with van der Waals surface area (Å²) in [7, 11) is 0. The SMILES string of the molecule is Cc1[nH]c(/C=C2\C(=O)Nc3ccc(F)cc32)c(C)c1C(=O)NCCCCCO. The number of aliphatic hydroxyl groups excluding tert-OH is 1. The van der Waals surface area contributed by atoms with Gasteiger partial charge < -0.3 is 20.7 Å². The van der Waals surface area contributed by atoms with Gasteiger partial charge in [-0.15, -0.1) is 0 Å². The fourth-order valence-corrected chi connectivity index (χ4v) is 3.41. The van der Waals surface area contributed by atoms with Crippen molar-refractivity contribution in [3.05, 3.63) is 52.1 Å². The zero-order chi connectivity index (χ0) is 20.3. The van der Waals surface area contributed by atoms with E-state index in [0.717, 1.165) is 24.8 Å². The molecule has 0 fully saturated rings. The second-order valence-electron chi connectivity index (χ2n) is 6.91. The first-order chi connectivity index (χ1) is 13.4. The number of aromatic nitrogens is 1. The maximum Gasteiger partial charge on any atom is 0.256 e. The van der Waals surface area contributed by atoms with Crippen LogP contribution in [-0.2, 0) is 4.79 Å². The number of hydrogen-bond acceptors (Lipinski definition) is 3. The summed E-state index contributed by atoms with van der Waals surface area (Å²) in [6, 6.07) is 4.16. The number of unbranched alkanes of at least 4 members (excludes halogenated alkanes) is 2. The Kier molecular flexibility index (Phi) is 5.94. The summed E-state index contributed by atoms with van der Waals surface area (Å²) in [6.07, 6.45) is 4.03. The molecule has 0 unspecified atom stereocenters. The summed E-state index contributed by atoms with van der Waals surface area (Å²) in [6.45, 7) is 4.31. The lowest BCUT2D eigenvalue weighted by molar-refractivity contribution is -0.110. The van der Waals surface area contributed by atoms with E-state index in [0.29, 0.717) is 40.3 Å². The maximum absolute atomic E-state index is 13.6. The van der Waals surface area contributed by atoms with Gasteiger partial charge in [0.05, 0.1) is 11.1 Å². The van der Waals surface area contributed by atoms with Crippen LogP contribution in [0.15, 0.2) is 18.2 Å². The van der Waals surface area contributed by atoms with Gasteiger partial charge in [-0.2, -0.15) is 0 Å². The molecule has 0 saturated carbocycles. The van der Waals surface area contributed by atoms with Gasteiger partial charge in [-0.1, -0.05) is 0 Å². The first-order valence-electron chi connectivity index (χ1n) is 9.33. The number of carbonyl (C=O) groups is 2. The largest absolute Gasteiger partial charge is 0.396 e. The predicted molar refractivity (Wildman–Crippen MR) is 106 cm³/mol. The van der Waals surface area contributed by atoms with E-state index in [4.69, 9.17) is 5.11 Å². The summed E-state index contributed by atoms with van der Waals surface area (Å²) < 4.78 is 13.6. The Balaban J connectivity index is 1.83. The summed E-state index contributed by atoms with van der Waals surface area (Å²) >= 11 is 0. The second-order valence-corrected chi connectivity index (χ2v) is 6.91. The molecule has 28 heavy (non-hydrogen) atoms. The number of anilines is 1. The van der Waals surface area contributed by atoms with Crippen molar-refractivity contribution in [1.82, 2.24) is 10.3 Å². The fourth-order valence-electron chi connectivity index (χ4n) is 3.41. The number of aromatic amines is 1. The Morgan fingerprint density at radius 2 is 2.04 bits per heavy atom. The Labute approximate surface area is 162 Å². The number of amides is 2. The molecule has 1 aromatic carbocycles. The van der Waals surface area contributed by atoms with Crippen molar-refractivity contribution in [3.63, 3.8) is 0 Å². The Hall–Kier alpha value is -2.93. The fraction of sp³-hybridized carbons (Fsp3) is 0.333. The van der Waals surface area contributed by atoms with E-state index in [1.54, 1.807) is 13.0 Å². The molecule has 0 bridgehead atoms. The number of carbonyl (C=O) groups excluding carboxylic acids is 2. The number of aryl methyl sites for hydroxylation is 1. The highest BCUT2D eigenvalue weighted by Gasteiger charge is 2.26. The van der Waals surface area contributed by atoms with Gasteiger partial charge in [0, 0.05) is 35.8 Å². The standard InChI is InChI=1S/C21H24FN3O3/c1-12-18(11-16-15-10-14(22)6-7-17(15)25-20(16)27)24-13(2)19(12)21(28)23-8-4-3-5-9-26/h6-7,10-11,24,26H,3-5,8-9H2,1-2H3,(H,23,28)(H,25,27)/b16-11-. The zero-order valence-corrected chi connectivity index (χ0v) is 16.0. The van der Waals surface area contributed by atoms with Crippen LogP contribution in [0.25, 0.3) is 11.6 Å². The molecule has 1 aromatic heterocycles. The average Bonchev–Trinajstić information content (AvgIpc) is 3.11. The molecule has 2 heterocycles. The van der Waals surface area contributed by atoms with Crippen molar-refractivity contribution in [3.8, 4) is 0 Å². The highest BCUT2D eigenvalue weighted by Crippen LogP contribution is 2.34. The van der Waals surface area contributed by atoms with E-state index in [-0.39, 0.29) is 18.4 Å². The number of hydrogen-bond donors (Lipinski definition) is 4. The van der Waals surface area contributed by atoms with Crippen molar-refractivity contribution in [2.24, 2.45) is 0 Å². The van der Waals surface area contributed by atoms with Gasteiger partial charge in [0.1, 0.15) is 5.82 Å². The van der Waals surface area contributed by atoms with Crippen LogP contribution in [0.3, 0.4) is 0 Å². The third kappa shape index (κ3) is 3.99. The minimum atomic E-state index is -0.415. The van der Waals surface area contributed by atoms with Crippen LogP contribution in [-0.4, -0.2) is 35.1 Å². The van der Waals surface area contributed by atoms with Gasteiger partial charge >= 0.3 is 0 Å². The van der Waals surface area contributed by atoms with Crippen molar-refractivity contribution in [2.45, 2.75) is 33.1 Å². The van der Waals surface area contributed by atoms with E-state index in [1.807, 2.05) is 6.92 Å². The number of aliphatic hydroxyl groups is 1. The lowest BCUT2D eigenvalue weighted by atomic mass is 10.0. The summed E-state index contributed by atoms with van der Waals surface area (Å²) in [5.41, 5.74) is 4.06. The number of benzene rings is 1. The normalized spacial score (nSPS) is 14.3. The Morgan fingerprint density at radius 1 is 1.25 bits per heavy atom. The van der Waals surface area contributed by atoms with Crippen LogP contribution in [0.5, 0.6) is 0 Å². The summed E-state index contributed by atoms with van der Waals surface area (Å²) in [5.74, 6) is -0.897. The molecule has 0 aliphatic carbocycles. The number of nitrogens with one attached hydrogen (secondary N) is 3. The lowest BCUT2D eigenvalue weighted by Crippen LogP contribution is -2.25. The third-order valence-electron chi connectivity index (χ3n) is 4.88. The van der Waals surface area contributed by atoms with Crippen LogP contribution in [0.2, 0.25) is 0 Å². The molecule has 148 valence electrons. The maximum atomic E-state index is 13.6. The molecule has 2 amide bonds. The van der Waals surface area contributed by atoms with Crippen LogP contribution in [0.4, 0.5) is 10.1 Å². The number of fused-ring (bicyclic) bond motifs is 1. The van der Waals surface area contributed by atoms with Gasteiger partial charge in [-0.25, -0.2) is 4.39 Å². The molecule has 7 heteroatoms. The van der Waals surface area contributed by atoms with Crippen LogP contribution in [0.1, 0.15) is 52.1 Å². The quantitative estimate of drug-likeness (QED) is 0.436. The molecule has 0 saturated heterocycles. The van der Waals surface area contributed by atoms with Crippen LogP contribution in [0, 0.1) is 19.7 Å². The summed E-state index contributed by atoms with van der Waals surface area (Å²) in [5, 5.41) is 14.4. The van der Waals surface area contributed by atoms with Crippen molar-refractivity contribution in [1.29, 1.82) is 0 Å². The third-order valence-corrected chi connectivity index (χ3v) is 4.88. The van der Waals surface area contributed by atoms with Crippen LogP contribution < -0.4 is 10.6 Å². The Morgan fingerprint density at radius 3 is 2.79 bits per heavy atom. The molecule has 6 nitrogen and oxygen atoms in total. The highest BCUT2D eigenvalue weighted by atomic mass is 19.1. The minimum absolute atomic E-state index is 0.155. The Bertz CT molecular complexity index is 947. The molecule has 1 aliphatic rings. The van der Waals surface area contributed by atoms with Crippen molar-refractivity contribution in [2.75, 3.05) is 18.5 Å². The molecule has 1 aliphatic heterocycles. The van der Waals surface area contributed by atoms with Gasteiger partial charge in [0.15, 0.2) is 0 Å². The monoisotopic (exact) mass is 385 g/mol. The molecule has 0 spiro atoms. The molecule has 0 radical (unpaired) electrons. The van der Waals surface area contributed by atoms with E-state index >= 15 is 0 Å². The molecule has 2 aromatic rings. The highest BCUT2D eigenvalue weighted by molar-refractivity contribution is 6.34. The van der Waals surface area contributed by atoms with E-state index < -0.39 is 5.82 Å². The zero-order valence-electron chi connectivity index (χ0n) is 16.0. The van der Waals surface area contributed by atoms with Crippen LogP contribution >= 0.6 is 0 Å². The number of rotatable bonds is 7. The first-order valence-corrected chi connectivity index (χ1v) is 9.33. The summed E-state index contributed by atoms with van der Waals surface area (Å²) in [4.78, 5) is 28.0. The molecule has 3 rings (SSSR count). The average molecular weight is 385 g/mol. The van der Waals surface area contributed by atoms with E-state index in [1.165, 1.54) is 18.2 Å². The topological polar surface area (TPSA) is 94.2 Å². The number of halogens is 1. The lowest BCUT2D eigenvalue weighted by Gasteiger charge is -2.06. The molecule has 0 atom stereocenters. The first kappa shape index (κ1) is 19.8. The predicted octanol–water partition coefficient (Wildman–Crippen LogP) is 3.16. The minimum Gasteiger partial charge on any atom is -0.396 e. The smallest absolute Gasteiger partial charge is 0.256 e. The van der Waals surface area contributed by atoms with Gasteiger partial charge in [0.25, 0.3) is 11.8 Å². The van der Waals surface area contributed by atoms with Crippen molar-refractivity contribution < 1.29 is 19.1 Å². The van der Waals surface area contributed by atoms with Gasteiger partial charge in [0.2, 0.25) is 0 Å². The molecule has 4 N–H and O–H groups in total. The van der Waals surface area contributed by atoms with E-state index in [9.17, 15) is 14.0 Å². The number of H-pyrrole nitrogens is 1. The molecular formula is C21H24FN3O3. The molecular weight excluding hydrogens is 361 g/mol.